The van der Waals surface area contributed by atoms with Gasteiger partial charge in [-0.1, -0.05) is 23.2 Å². The lowest BCUT2D eigenvalue weighted by atomic mass is 10.0. The summed E-state index contributed by atoms with van der Waals surface area (Å²) in [4.78, 5) is 4.00. The summed E-state index contributed by atoms with van der Waals surface area (Å²) in [7, 11) is 0. The van der Waals surface area contributed by atoms with Crippen LogP contribution >= 0.6 is 23.2 Å². The van der Waals surface area contributed by atoms with Crippen LogP contribution < -0.4 is 4.74 Å². The van der Waals surface area contributed by atoms with Crippen molar-refractivity contribution < 1.29 is 14.2 Å². The van der Waals surface area contributed by atoms with Crippen molar-refractivity contribution in [2.24, 2.45) is 0 Å². The first kappa shape index (κ1) is 18.3. The monoisotopic (exact) mass is 405 g/mol. The Balaban J connectivity index is 1.74. The highest BCUT2D eigenvalue weighted by Gasteiger charge is 2.44. The van der Waals surface area contributed by atoms with Gasteiger partial charge >= 0.3 is 0 Å². The molecule has 4 rings (SSSR count). The van der Waals surface area contributed by atoms with Crippen molar-refractivity contribution in [3.63, 3.8) is 0 Å². The Kier molecular flexibility index (Phi) is 5.06. The molecule has 6 nitrogen and oxygen atoms in total. The van der Waals surface area contributed by atoms with Crippen LogP contribution in [0.5, 0.6) is 11.5 Å². The van der Waals surface area contributed by atoms with Gasteiger partial charge in [-0.25, -0.2) is 9.67 Å². The number of halogens is 2. The lowest BCUT2D eigenvalue weighted by Crippen LogP contribution is -2.34. The average molecular weight is 406 g/mol. The molecule has 1 aromatic heterocycles. The first-order chi connectivity index (χ1) is 13.0. The second-order valence-corrected chi connectivity index (χ2v) is 7.15. The highest BCUT2D eigenvalue weighted by atomic mass is 35.5. The molecule has 1 saturated heterocycles. The van der Waals surface area contributed by atoms with Gasteiger partial charge in [-0.05, 0) is 49.4 Å². The van der Waals surface area contributed by atoms with Crippen molar-refractivity contribution in [3.05, 3.63) is 70.7 Å². The Morgan fingerprint density at radius 3 is 2.63 bits per heavy atom. The lowest BCUT2D eigenvalue weighted by molar-refractivity contribution is -0.187. The number of aromatic nitrogens is 3. The molecule has 0 aliphatic carbocycles. The van der Waals surface area contributed by atoms with Gasteiger partial charge in [0.2, 0.25) is 5.79 Å². The molecule has 0 saturated carbocycles. The summed E-state index contributed by atoms with van der Waals surface area (Å²) in [5, 5.41) is 5.36. The van der Waals surface area contributed by atoms with Crippen LogP contribution in [-0.4, -0.2) is 27.5 Å². The number of ether oxygens (including phenoxy) is 3. The minimum absolute atomic E-state index is 0.0763. The summed E-state index contributed by atoms with van der Waals surface area (Å²) in [5.74, 6) is 0.114. The minimum atomic E-state index is -1.06. The second kappa shape index (κ2) is 7.48. The molecule has 0 radical (unpaired) electrons. The van der Waals surface area contributed by atoms with Crippen LogP contribution in [0.4, 0.5) is 0 Å². The maximum atomic E-state index is 6.22. The van der Waals surface area contributed by atoms with Gasteiger partial charge in [0.25, 0.3) is 0 Å². The maximum Gasteiger partial charge on any atom is 0.219 e. The molecule has 1 aliphatic rings. The molecule has 2 aromatic carbocycles. The smallest absolute Gasteiger partial charge is 0.219 e. The molecule has 2 heterocycles. The van der Waals surface area contributed by atoms with Crippen LogP contribution in [0.2, 0.25) is 10.0 Å². The van der Waals surface area contributed by atoms with Crippen LogP contribution in [0.15, 0.2) is 55.1 Å². The summed E-state index contributed by atoms with van der Waals surface area (Å²) in [5.41, 5.74) is 0.724. The molecule has 140 valence electrons. The summed E-state index contributed by atoms with van der Waals surface area (Å²) in [6.45, 7) is 2.74. The Hall–Kier alpha value is -2.12. The normalized spacial score (nSPS) is 22.1. The summed E-state index contributed by atoms with van der Waals surface area (Å²) < 4.78 is 20.0. The molecule has 0 N–H and O–H groups in total. The molecule has 8 heteroatoms. The van der Waals surface area contributed by atoms with Gasteiger partial charge in [-0.3, -0.25) is 0 Å². The molecule has 1 fully saturated rings. The van der Waals surface area contributed by atoms with Crippen LogP contribution in [0.25, 0.3) is 0 Å². The number of rotatable bonds is 5. The number of benzene rings is 2. The fourth-order valence-electron chi connectivity index (χ4n) is 3.01. The van der Waals surface area contributed by atoms with E-state index in [0.717, 1.165) is 5.56 Å². The molecular weight excluding hydrogens is 389 g/mol. The van der Waals surface area contributed by atoms with Crippen molar-refractivity contribution in [1.82, 2.24) is 14.8 Å². The highest BCUT2D eigenvalue weighted by molar-refractivity contribution is 6.31. The van der Waals surface area contributed by atoms with Crippen molar-refractivity contribution in [2.45, 2.75) is 25.4 Å². The van der Waals surface area contributed by atoms with Crippen molar-refractivity contribution in [1.29, 1.82) is 0 Å². The van der Waals surface area contributed by atoms with Crippen LogP contribution in [0.3, 0.4) is 0 Å². The topological polar surface area (TPSA) is 58.4 Å². The van der Waals surface area contributed by atoms with Crippen LogP contribution in [-0.2, 0) is 21.8 Å². The third kappa shape index (κ3) is 3.94. The van der Waals surface area contributed by atoms with Crippen LogP contribution in [0, 0.1) is 0 Å². The molecule has 3 aromatic rings. The van der Waals surface area contributed by atoms with Crippen molar-refractivity contribution >= 4 is 23.2 Å². The quantitative estimate of drug-likeness (QED) is 0.617. The second-order valence-electron chi connectivity index (χ2n) is 6.28. The van der Waals surface area contributed by atoms with E-state index in [2.05, 4.69) is 10.1 Å². The molecule has 2 atom stereocenters. The summed E-state index contributed by atoms with van der Waals surface area (Å²) >= 11 is 12.2. The standard InChI is InChI=1S/C19H17Cl2N3O3/c1-13-9-25-19(27-13,10-24-12-22-11-23-24)17-7-4-15(21)8-18(17)26-16-5-2-14(20)3-6-16/h2-8,11-13H,9-10H2,1H3. The highest BCUT2D eigenvalue weighted by Crippen LogP contribution is 2.42. The van der Waals surface area contributed by atoms with Crippen molar-refractivity contribution in [2.75, 3.05) is 6.61 Å². The zero-order valence-electron chi connectivity index (χ0n) is 14.5. The van der Waals surface area contributed by atoms with E-state index >= 15 is 0 Å². The molecule has 2 unspecified atom stereocenters. The third-order valence-electron chi connectivity index (χ3n) is 4.17. The minimum Gasteiger partial charge on any atom is -0.457 e. The van der Waals surface area contributed by atoms with E-state index < -0.39 is 5.79 Å². The lowest BCUT2D eigenvalue weighted by Gasteiger charge is -2.29. The molecule has 0 bridgehead atoms. The fraction of sp³-hybridized carbons (Fsp3) is 0.263. The van der Waals surface area contributed by atoms with E-state index in [4.69, 9.17) is 37.4 Å². The Labute approximate surface area is 166 Å². The van der Waals surface area contributed by atoms with Gasteiger partial charge in [0.1, 0.15) is 30.7 Å². The largest absolute Gasteiger partial charge is 0.457 e. The van der Waals surface area contributed by atoms with Gasteiger partial charge < -0.3 is 14.2 Å². The van der Waals surface area contributed by atoms with E-state index in [0.29, 0.717) is 34.7 Å². The molecule has 0 amide bonds. The first-order valence-corrected chi connectivity index (χ1v) is 9.17. The van der Waals surface area contributed by atoms with Gasteiger partial charge in [-0.15, -0.1) is 0 Å². The third-order valence-corrected chi connectivity index (χ3v) is 4.66. The Bertz CT molecular complexity index is 918. The molecule has 1 aliphatic heterocycles. The average Bonchev–Trinajstić information content (AvgIpc) is 3.28. The zero-order valence-corrected chi connectivity index (χ0v) is 16.0. The van der Waals surface area contributed by atoms with Gasteiger partial charge in [-0.2, -0.15) is 5.10 Å². The maximum absolute atomic E-state index is 6.22. The SMILES string of the molecule is CC1COC(Cn2cncn2)(c2ccc(Cl)cc2Oc2ccc(Cl)cc2)O1. The van der Waals surface area contributed by atoms with Gasteiger partial charge in [0, 0.05) is 10.0 Å². The van der Waals surface area contributed by atoms with E-state index in [-0.39, 0.29) is 6.10 Å². The Morgan fingerprint density at radius 2 is 1.96 bits per heavy atom. The van der Waals surface area contributed by atoms with Crippen LogP contribution in [0.1, 0.15) is 12.5 Å². The Morgan fingerprint density at radius 1 is 1.19 bits per heavy atom. The number of hydrogen-bond donors (Lipinski definition) is 0. The number of hydrogen-bond acceptors (Lipinski definition) is 5. The molecule has 0 spiro atoms. The molecular formula is C19H17Cl2N3O3. The van der Waals surface area contributed by atoms with E-state index in [1.165, 1.54) is 6.33 Å². The van der Waals surface area contributed by atoms with E-state index in [9.17, 15) is 0 Å². The predicted octanol–water partition coefficient (Wildman–Crippen LogP) is 4.67. The van der Waals surface area contributed by atoms with E-state index in [1.54, 1.807) is 47.4 Å². The van der Waals surface area contributed by atoms with Gasteiger partial charge in [0.05, 0.1) is 18.3 Å². The zero-order chi connectivity index (χ0) is 18.9. The summed E-state index contributed by atoms with van der Waals surface area (Å²) in [6.07, 6.45) is 3.01. The fourth-order valence-corrected chi connectivity index (χ4v) is 3.29. The molecule has 27 heavy (non-hydrogen) atoms. The number of nitrogens with zero attached hydrogens (tertiary/aromatic N) is 3. The van der Waals surface area contributed by atoms with Gasteiger partial charge in [0.15, 0.2) is 0 Å². The van der Waals surface area contributed by atoms with Crippen molar-refractivity contribution in [3.8, 4) is 11.5 Å². The van der Waals surface area contributed by atoms with E-state index in [1.807, 2.05) is 13.0 Å². The predicted molar refractivity (Wildman–Crippen MR) is 101 cm³/mol. The first-order valence-electron chi connectivity index (χ1n) is 8.42. The summed E-state index contributed by atoms with van der Waals surface area (Å²) in [6, 6.07) is 12.5.